The molecule has 0 aromatic heterocycles. The van der Waals surface area contributed by atoms with E-state index in [-0.39, 0.29) is 103 Å². The first-order valence-corrected chi connectivity index (χ1v) is 3.36. The third kappa shape index (κ3) is 15.4. The van der Waals surface area contributed by atoms with Crippen molar-refractivity contribution in [2.24, 2.45) is 0 Å². The minimum absolute atomic E-state index is 0. The van der Waals surface area contributed by atoms with Crippen molar-refractivity contribution in [1.82, 2.24) is 0 Å². The molecule has 56 valence electrons. The Morgan fingerprint density at radius 1 is 1.36 bits per heavy atom. The topological polar surface area (TPSA) is 101 Å². The van der Waals surface area contributed by atoms with E-state index in [0.717, 1.165) is 0 Å². The van der Waals surface area contributed by atoms with Gasteiger partial charge in [0.15, 0.2) is 5.75 Å². The first-order chi connectivity index (χ1) is 3.95. The van der Waals surface area contributed by atoms with Gasteiger partial charge in [-0.1, -0.05) is 0 Å². The maximum absolute atomic E-state index is 9.82. The summed E-state index contributed by atoms with van der Waals surface area (Å²) < 4.78 is 27.4. The normalized spacial score (nSPS) is 8.91. The zero-order chi connectivity index (χ0) is 7.49. The SMILES string of the molecule is O=C(CS(=O)(=O)O)OO.[K].[K]. The minimum atomic E-state index is -4.37. The summed E-state index contributed by atoms with van der Waals surface area (Å²) in [5.41, 5.74) is 0. The van der Waals surface area contributed by atoms with Gasteiger partial charge in [0.1, 0.15) is 0 Å². The van der Waals surface area contributed by atoms with Crippen molar-refractivity contribution in [3.8, 4) is 0 Å². The predicted octanol–water partition coefficient (Wildman–Crippen LogP) is -1.87. The van der Waals surface area contributed by atoms with Crippen molar-refractivity contribution in [2.45, 2.75) is 0 Å². The van der Waals surface area contributed by atoms with Crippen molar-refractivity contribution in [1.29, 1.82) is 0 Å². The van der Waals surface area contributed by atoms with Crippen molar-refractivity contribution in [3.05, 3.63) is 0 Å². The number of rotatable bonds is 2. The van der Waals surface area contributed by atoms with Crippen LogP contribution in [0.25, 0.3) is 0 Å². The summed E-state index contributed by atoms with van der Waals surface area (Å²) in [5, 5.41) is 7.47. The van der Waals surface area contributed by atoms with Crippen LogP contribution in [0.15, 0.2) is 0 Å². The minimum Gasteiger partial charge on any atom is -0.300 e. The van der Waals surface area contributed by atoms with Gasteiger partial charge in [-0.3, -0.25) is 9.44 Å². The number of carbonyl (C=O) groups excluding carboxylic acids is 1. The molecule has 0 fully saturated rings. The van der Waals surface area contributed by atoms with E-state index in [2.05, 4.69) is 4.89 Å². The molecule has 0 saturated carbocycles. The molecule has 0 aliphatic heterocycles. The monoisotopic (exact) mass is 234 g/mol. The van der Waals surface area contributed by atoms with Crippen LogP contribution in [0.1, 0.15) is 0 Å². The molecule has 0 atom stereocenters. The van der Waals surface area contributed by atoms with Crippen molar-refractivity contribution < 1.29 is 27.9 Å². The third-order valence-corrected chi connectivity index (χ3v) is 1.00. The Bertz CT molecular complexity index is 197. The Kier molecular flexibility index (Phi) is 16.0. The second kappa shape index (κ2) is 9.18. The van der Waals surface area contributed by atoms with Gasteiger partial charge in [0.2, 0.25) is 0 Å². The standard InChI is InChI=1S/C2H4O6S.2K/c3-2(8-4)1-9(5,6)7;;/h4H,1H2,(H,5,6,7);;. The Hall–Kier alpha value is 2.61. The summed E-state index contributed by atoms with van der Waals surface area (Å²) >= 11 is 0. The van der Waals surface area contributed by atoms with Crippen LogP contribution in [-0.4, -0.2) is 133 Å². The molecular weight excluding hydrogens is 230 g/mol. The van der Waals surface area contributed by atoms with Crippen molar-refractivity contribution >= 4 is 119 Å². The fourth-order valence-corrected chi connectivity index (χ4v) is 0.526. The van der Waals surface area contributed by atoms with Crippen LogP contribution in [0.2, 0.25) is 0 Å². The van der Waals surface area contributed by atoms with Gasteiger partial charge in [-0.25, -0.2) is 4.79 Å². The smallest absolute Gasteiger partial charge is 0.300 e. The molecule has 0 rings (SSSR count). The molecule has 6 nitrogen and oxygen atoms in total. The fourth-order valence-electron chi connectivity index (χ4n) is 0.175. The Morgan fingerprint density at radius 3 is 1.82 bits per heavy atom. The Balaban J connectivity index is -0.000000320. The van der Waals surface area contributed by atoms with E-state index >= 15 is 0 Å². The summed E-state index contributed by atoms with van der Waals surface area (Å²) in [4.78, 5) is 12.8. The average molecular weight is 234 g/mol. The number of carbonyl (C=O) groups is 1. The molecule has 2 radical (unpaired) electrons. The molecule has 0 spiro atoms. The van der Waals surface area contributed by atoms with E-state index in [1.54, 1.807) is 0 Å². The first-order valence-electron chi connectivity index (χ1n) is 1.75. The van der Waals surface area contributed by atoms with Crippen LogP contribution >= 0.6 is 0 Å². The Morgan fingerprint density at radius 2 is 1.73 bits per heavy atom. The van der Waals surface area contributed by atoms with Crippen LogP contribution in [-0.2, 0) is 19.8 Å². The summed E-state index contributed by atoms with van der Waals surface area (Å²) in [6, 6.07) is 0. The molecule has 0 aliphatic carbocycles. The van der Waals surface area contributed by atoms with Crippen LogP contribution in [0, 0.1) is 0 Å². The maximum Gasteiger partial charge on any atom is 0.359 e. The third-order valence-electron chi connectivity index (χ3n) is 0.402. The Labute approximate surface area is 149 Å². The van der Waals surface area contributed by atoms with Crippen LogP contribution in [0.5, 0.6) is 0 Å². The molecular formula is C2H4K2O6S. The van der Waals surface area contributed by atoms with E-state index in [0.29, 0.717) is 0 Å². The predicted molar refractivity (Wildman–Crippen MR) is 36.6 cm³/mol. The quantitative estimate of drug-likeness (QED) is 0.251. The molecule has 9 heteroatoms. The van der Waals surface area contributed by atoms with Gasteiger partial charge in [-0.15, -0.1) is 0 Å². The summed E-state index contributed by atoms with van der Waals surface area (Å²) in [5.74, 6) is -2.65. The molecule has 0 heterocycles. The molecule has 0 bridgehead atoms. The van der Waals surface area contributed by atoms with Gasteiger partial charge in [0.05, 0.1) is 0 Å². The molecule has 0 aromatic carbocycles. The molecule has 0 amide bonds. The summed E-state index contributed by atoms with van der Waals surface area (Å²) in [6.07, 6.45) is 0. The van der Waals surface area contributed by atoms with Gasteiger partial charge in [0.25, 0.3) is 10.1 Å². The fraction of sp³-hybridized carbons (Fsp3) is 0.500. The number of hydrogen-bond acceptors (Lipinski definition) is 5. The van der Waals surface area contributed by atoms with Gasteiger partial charge in [-0.2, -0.15) is 13.7 Å². The van der Waals surface area contributed by atoms with Gasteiger partial charge in [0, 0.05) is 103 Å². The molecule has 11 heavy (non-hydrogen) atoms. The summed E-state index contributed by atoms with van der Waals surface area (Å²) in [6.45, 7) is 0. The van der Waals surface area contributed by atoms with Crippen molar-refractivity contribution in [3.63, 3.8) is 0 Å². The van der Waals surface area contributed by atoms with Gasteiger partial charge < -0.3 is 0 Å². The van der Waals surface area contributed by atoms with Crippen LogP contribution in [0.3, 0.4) is 0 Å². The molecule has 0 aromatic rings. The van der Waals surface area contributed by atoms with E-state index < -0.39 is 21.8 Å². The second-order valence-electron chi connectivity index (χ2n) is 1.19. The van der Waals surface area contributed by atoms with E-state index in [9.17, 15) is 13.2 Å². The second-order valence-corrected chi connectivity index (χ2v) is 2.64. The summed E-state index contributed by atoms with van der Waals surface area (Å²) in [7, 11) is -4.37. The van der Waals surface area contributed by atoms with Crippen LogP contribution in [0.4, 0.5) is 0 Å². The van der Waals surface area contributed by atoms with Gasteiger partial charge in [-0.05, 0) is 0 Å². The van der Waals surface area contributed by atoms with Crippen molar-refractivity contribution in [2.75, 3.05) is 5.75 Å². The molecule has 0 unspecified atom stereocenters. The van der Waals surface area contributed by atoms with Crippen LogP contribution < -0.4 is 0 Å². The largest absolute Gasteiger partial charge is 0.359 e. The van der Waals surface area contributed by atoms with E-state index in [4.69, 9.17) is 9.81 Å². The number of hydrogen-bond donors (Lipinski definition) is 2. The zero-order valence-electron chi connectivity index (χ0n) is 6.14. The van der Waals surface area contributed by atoms with E-state index in [1.807, 2.05) is 0 Å². The molecule has 0 saturated heterocycles. The van der Waals surface area contributed by atoms with E-state index in [1.165, 1.54) is 0 Å². The first kappa shape index (κ1) is 19.2. The van der Waals surface area contributed by atoms with Gasteiger partial charge >= 0.3 is 5.97 Å². The molecule has 2 N–H and O–H groups in total. The maximum atomic E-state index is 9.82. The average Bonchev–Trinajstić information content (AvgIpc) is 1.62. The molecule has 0 aliphatic rings. The zero-order valence-corrected chi connectivity index (χ0v) is 13.2.